The van der Waals surface area contributed by atoms with Crippen LogP contribution in [0.1, 0.15) is 23.2 Å². The Bertz CT molecular complexity index is 1290. The first-order chi connectivity index (χ1) is 17.1. The molecule has 1 saturated carbocycles. The number of imidazole rings is 1. The van der Waals surface area contributed by atoms with Crippen molar-refractivity contribution in [3.63, 3.8) is 0 Å². The summed E-state index contributed by atoms with van der Waals surface area (Å²) in [6, 6.07) is 23.4. The first-order valence-electron chi connectivity index (χ1n) is 12.3. The van der Waals surface area contributed by atoms with Crippen LogP contribution in [-0.4, -0.2) is 58.3 Å². The van der Waals surface area contributed by atoms with Gasteiger partial charge in [0.15, 0.2) is 0 Å². The van der Waals surface area contributed by atoms with Gasteiger partial charge in [-0.2, -0.15) is 0 Å². The molecule has 35 heavy (non-hydrogen) atoms. The lowest BCUT2D eigenvalue weighted by Crippen LogP contribution is -2.51. The summed E-state index contributed by atoms with van der Waals surface area (Å²) in [5, 5.41) is 13.3. The Labute approximate surface area is 204 Å². The van der Waals surface area contributed by atoms with Crippen LogP contribution >= 0.6 is 0 Å². The smallest absolute Gasteiger partial charge is 0.255 e. The molecule has 0 radical (unpaired) electrons. The van der Waals surface area contributed by atoms with E-state index >= 15 is 0 Å². The molecule has 2 heterocycles. The van der Waals surface area contributed by atoms with Gasteiger partial charge in [-0.1, -0.05) is 24.3 Å². The number of rotatable bonds is 6. The third-order valence-corrected chi connectivity index (χ3v) is 7.03. The highest BCUT2D eigenvalue weighted by molar-refractivity contribution is 6.04. The molecule has 3 aromatic carbocycles. The Morgan fingerprint density at radius 3 is 2.34 bits per heavy atom. The number of hydrogen-bond donors (Lipinski definition) is 3. The summed E-state index contributed by atoms with van der Waals surface area (Å²) in [5.41, 5.74) is 5.35. The second-order valence-corrected chi connectivity index (χ2v) is 9.45. The van der Waals surface area contributed by atoms with Gasteiger partial charge in [-0.05, 0) is 67.3 Å². The zero-order valence-corrected chi connectivity index (χ0v) is 19.5. The van der Waals surface area contributed by atoms with Crippen molar-refractivity contribution in [1.82, 2.24) is 14.9 Å². The molecule has 7 nitrogen and oxygen atoms in total. The third-order valence-electron chi connectivity index (χ3n) is 7.03. The minimum atomic E-state index is -0.275. The molecule has 0 spiro atoms. The highest BCUT2D eigenvalue weighted by Crippen LogP contribution is 2.34. The van der Waals surface area contributed by atoms with Crippen molar-refractivity contribution >= 4 is 28.3 Å². The topological polar surface area (TPSA) is 84.5 Å². The zero-order valence-electron chi connectivity index (χ0n) is 19.5. The molecule has 1 aliphatic carbocycles. The lowest BCUT2D eigenvalue weighted by atomic mass is 10.1. The first kappa shape index (κ1) is 21.8. The van der Waals surface area contributed by atoms with Crippen LogP contribution < -0.4 is 10.2 Å². The molecule has 2 aliphatic rings. The van der Waals surface area contributed by atoms with Gasteiger partial charge in [0.2, 0.25) is 0 Å². The second-order valence-electron chi connectivity index (χ2n) is 9.45. The van der Waals surface area contributed by atoms with Crippen LogP contribution in [0.4, 0.5) is 11.4 Å². The quantitative estimate of drug-likeness (QED) is 0.393. The van der Waals surface area contributed by atoms with Gasteiger partial charge in [0.05, 0.1) is 11.0 Å². The second kappa shape index (κ2) is 9.17. The third kappa shape index (κ3) is 4.65. The summed E-state index contributed by atoms with van der Waals surface area (Å²) in [5.74, 6) is 1.12. The maximum Gasteiger partial charge on any atom is 0.255 e. The molecular weight excluding hydrogens is 438 g/mol. The van der Waals surface area contributed by atoms with E-state index in [1.807, 2.05) is 72.8 Å². The Morgan fingerprint density at radius 1 is 0.943 bits per heavy atom. The summed E-state index contributed by atoms with van der Waals surface area (Å²) in [7, 11) is 0. The lowest BCUT2D eigenvalue weighted by Gasteiger charge is -2.38. The van der Waals surface area contributed by atoms with E-state index in [-0.39, 0.29) is 12.1 Å². The number of para-hydroxylation sites is 2. The fraction of sp³-hybridized carbons (Fsp3) is 0.286. The van der Waals surface area contributed by atoms with Crippen molar-refractivity contribution in [2.24, 2.45) is 5.92 Å². The van der Waals surface area contributed by atoms with E-state index in [2.05, 4.69) is 25.1 Å². The van der Waals surface area contributed by atoms with Crippen molar-refractivity contribution in [2.45, 2.75) is 19.1 Å². The number of hydrogen-bond acceptors (Lipinski definition) is 5. The normalized spacial score (nSPS) is 17.5. The number of fused-ring (bicyclic) bond motifs is 1. The van der Waals surface area contributed by atoms with E-state index < -0.39 is 0 Å². The van der Waals surface area contributed by atoms with Crippen LogP contribution in [0.3, 0.4) is 0 Å². The number of aliphatic hydroxyl groups is 1. The van der Waals surface area contributed by atoms with E-state index in [1.165, 1.54) is 0 Å². The first-order valence-corrected chi connectivity index (χ1v) is 12.3. The molecule has 1 aromatic heterocycles. The van der Waals surface area contributed by atoms with Crippen LogP contribution in [0.15, 0.2) is 72.8 Å². The number of aromatic nitrogens is 2. The highest BCUT2D eigenvalue weighted by Gasteiger charge is 2.35. The monoisotopic (exact) mass is 467 g/mol. The average molecular weight is 468 g/mol. The van der Waals surface area contributed by atoms with E-state index in [0.29, 0.717) is 11.5 Å². The van der Waals surface area contributed by atoms with Gasteiger partial charge in [-0.3, -0.25) is 9.69 Å². The van der Waals surface area contributed by atoms with Gasteiger partial charge in [0.1, 0.15) is 12.1 Å². The maximum absolute atomic E-state index is 12.8. The number of aliphatic hydroxyl groups excluding tert-OH is 1. The van der Waals surface area contributed by atoms with E-state index in [9.17, 15) is 9.90 Å². The predicted octanol–water partition coefficient (Wildman–Crippen LogP) is 4.33. The number of anilines is 2. The number of H-pyrrole nitrogens is 1. The van der Waals surface area contributed by atoms with Crippen LogP contribution in [-0.2, 0) is 0 Å². The standard InChI is InChI=1S/C28H29N5O2/c34-27(20-7-5-19(6-8-20)26-30-24-3-1-2-4-25(24)31-26)29-22-11-13-23(14-12-22)32-15-17-33(18-16-32)28(35)21-9-10-21/h1-8,11-14,21,28,35H,9-10,15-18H2,(H,29,34)(H,30,31). The molecule has 178 valence electrons. The van der Waals surface area contributed by atoms with Crippen LogP contribution in [0.25, 0.3) is 22.4 Å². The molecule has 7 heteroatoms. The number of benzene rings is 3. The zero-order chi connectivity index (χ0) is 23.8. The summed E-state index contributed by atoms with van der Waals surface area (Å²) in [6.45, 7) is 3.54. The average Bonchev–Trinajstić information content (AvgIpc) is 3.67. The van der Waals surface area contributed by atoms with Gasteiger partial charge in [0.25, 0.3) is 5.91 Å². The van der Waals surface area contributed by atoms with Gasteiger partial charge in [-0.15, -0.1) is 0 Å². The molecule has 2 fully saturated rings. The number of amides is 1. The molecule has 1 unspecified atom stereocenters. The molecule has 0 bridgehead atoms. The molecule has 1 aliphatic heterocycles. The summed E-state index contributed by atoms with van der Waals surface area (Å²) < 4.78 is 0. The molecule has 1 saturated heterocycles. The number of carbonyl (C=O) groups is 1. The van der Waals surface area contributed by atoms with Gasteiger partial charge < -0.3 is 20.3 Å². The van der Waals surface area contributed by atoms with Crippen LogP contribution in [0.5, 0.6) is 0 Å². The molecule has 4 aromatic rings. The fourth-order valence-corrected chi connectivity index (χ4v) is 4.77. The number of nitrogens with zero attached hydrogens (tertiary/aromatic N) is 3. The minimum Gasteiger partial charge on any atom is -0.378 e. The van der Waals surface area contributed by atoms with Crippen molar-refractivity contribution < 1.29 is 9.90 Å². The number of aromatic amines is 1. The Hall–Kier alpha value is -3.68. The largest absolute Gasteiger partial charge is 0.378 e. The summed E-state index contributed by atoms with van der Waals surface area (Å²) in [6.07, 6.45) is 2.03. The van der Waals surface area contributed by atoms with E-state index in [0.717, 1.165) is 72.8 Å². The van der Waals surface area contributed by atoms with Gasteiger partial charge >= 0.3 is 0 Å². The molecule has 3 N–H and O–H groups in total. The minimum absolute atomic E-state index is 0.142. The number of nitrogens with one attached hydrogen (secondary N) is 2. The lowest BCUT2D eigenvalue weighted by molar-refractivity contribution is -0.0158. The Kier molecular flexibility index (Phi) is 5.72. The van der Waals surface area contributed by atoms with Gasteiger partial charge in [0, 0.05) is 48.7 Å². The van der Waals surface area contributed by atoms with E-state index in [4.69, 9.17) is 0 Å². The Morgan fingerprint density at radius 2 is 1.66 bits per heavy atom. The molecule has 1 amide bonds. The highest BCUT2D eigenvalue weighted by atomic mass is 16.3. The predicted molar refractivity (Wildman–Crippen MR) is 138 cm³/mol. The van der Waals surface area contributed by atoms with Crippen LogP contribution in [0, 0.1) is 5.92 Å². The van der Waals surface area contributed by atoms with Crippen molar-refractivity contribution in [2.75, 3.05) is 36.4 Å². The molecular formula is C28H29N5O2. The fourth-order valence-electron chi connectivity index (χ4n) is 4.77. The molecule has 6 rings (SSSR count). The maximum atomic E-state index is 12.8. The van der Waals surface area contributed by atoms with Crippen molar-refractivity contribution in [3.05, 3.63) is 78.4 Å². The SMILES string of the molecule is O=C(Nc1ccc(N2CCN(C(O)C3CC3)CC2)cc1)c1ccc(-c2nc3ccccc3[nH]2)cc1. The number of carbonyl (C=O) groups excluding carboxylic acids is 1. The van der Waals surface area contributed by atoms with Crippen molar-refractivity contribution in [1.29, 1.82) is 0 Å². The summed E-state index contributed by atoms with van der Waals surface area (Å²) >= 11 is 0. The summed E-state index contributed by atoms with van der Waals surface area (Å²) in [4.78, 5) is 25.2. The number of piperazine rings is 1. The van der Waals surface area contributed by atoms with Gasteiger partial charge in [-0.25, -0.2) is 4.98 Å². The van der Waals surface area contributed by atoms with E-state index in [1.54, 1.807) is 0 Å². The van der Waals surface area contributed by atoms with Crippen LogP contribution in [0.2, 0.25) is 0 Å². The van der Waals surface area contributed by atoms with Crippen molar-refractivity contribution in [3.8, 4) is 11.4 Å². The Balaban J connectivity index is 1.06. The molecule has 1 atom stereocenters.